The highest BCUT2D eigenvalue weighted by molar-refractivity contribution is 5.98. The highest BCUT2D eigenvalue weighted by Crippen LogP contribution is 2.24. The fourth-order valence-corrected chi connectivity index (χ4v) is 1.68. The van der Waals surface area contributed by atoms with E-state index in [1.807, 2.05) is 0 Å². The third-order valence-corrected chi connectivity index (χ3v) is 2.63. The molecule has 4 nitrogen and oxygen atoms in total. The van der Waals surface area contributed by atoms with Gasteiger partial charge in [-0.1, -0.05) is 0 Å². The van der Waals surface area contributed by atoms with Gasteiger partial charge in [-0.15, -0.1) is 0 Å². The second-order valence-electron chi connectivity index (χ2n) is 4.05. The van der Waals surface area contributed by atoms with E-state index in [2.05, 4.69) is 0 Å². The van der Waals surface area contributed by atoms with Crippen LogP contribution in [0, 0.1) is 11.6 Å². The molecule has 0 saturated heterocycles. The number of methoxy groups -OCH3 is 1. The van der Waals surface area contributed by atoms with Crippen molar-refractivity contribution in [2.75, 3.05) is 13.7 Å². The first kappa shape index (κ1) is 16.1. The third-order valence-electron chi connectivity index (χ3n) is 2.63. The van der Waals surface area contributed by atoms with Gasteiger partial charge in [0.1, 0.15) is 5.75 Å². The van der Waals surface area contributed by atoms with Gasteiger partial charge < -0.3 is 9.47 Å². The van der Waals surface area contributed by atoms with Crippen LogP contribution in [0.3, 0.4) is 0 Å². The molecule has 1 aromatic rings. The lowest BCUT2D eigenvalue weighted by Gasteiger charge is -2.08. The summed E-state index contributed by atoms with van der Waals surface area (Å²) in [6.07, 6.45) is 0.408. The van der Waals surface area contributed by atoms with Crippen LogP contribution in [0.2, 0.25) is 0 Å². The number of ketones is 1. The zero-order chi connectivity index (χ0) is 15.1. The van der Waals surface area contributed by atoms with Gasteiger partial charge in [0.05, 0.1) is 19.3 Å². The van der Waals surface area contributed by atoms with E-state index in [0.29, 0.717) is 0 Å². The maximum absolute atomic E-state index is 13.1. The molecule has 0 amide bonds. The highest BCUT2D eigenvalue weighted by atomic mass is 19.2. The summed E-state index contributed by atoms with van der Waals surface area (Å²) in [7, 11) is 1.27. The molecule has 0 unspecified atom stereocenters. The molecule has 0 radical (unpaired) electrons. The zero-order valence-electron chi connectivity index (χ0n) is 11.4. The number of esters is 1. The van der Waals surface area contributed by atoms with Gasteiger partial charge >= 0.3 is 5.97 Å². The minimum Gasteiger partial charge on any atom is -0.496 e. The largest absolute Gasteiger partial charge is 0.496 e. The van der Waals surface area contributed by atoms with E-state index >= 15 is 0 Å². The Hall–Kier alpha value is -1.98. The van der Waals surface area contributed by atoms with E-state index in [4.69, 9.17) is 9.47 Å². The lowest BCUT2D eigenvalue weighted by atomic mass is 10.0. The molecule has 0 heterocycles. The van der Waals surface area contributed by atoms with Crippen molar-refractivity contribution in [3.63, 3.8) is 0 Å². The van der Waals surface area contributed by atoms with Crippen molar-refractivity contribution in [2.24, 2.45) is 0 Å². The van der Waals surface area contributed by atoms with Crippen LogP contribution in [0.1, 0.15) is 36.5 Å². The first-order chi connectivity index (χ1) is 9.49. The summed E-state index contributed by atoms with van der Waals surface area (Å²) in [6.45, 7) is 1.97. The summed E-state index contributed by atoms with van der Waals surface area (Å²) in [5, 5.41) is 0. The lowest BCUT2D eigenvalue weighted by Crippen LogP contribution is -2.07. The summed E-state index contributed by atoms with van der Waals surface area (Å²) in [5.41, 5.74) is -0.0322. The summed E-state index contributed by atoms with van der Waals surface area (Å²) < 4.78 is 35.7. The van der Waals surface area contributed by atoms with Crippen molar-refractivity contribution in [3.8, 4) is 5.75 Å². The maximum Gasteiger partial charge on any atom is 0.305 e. The predicted molar refractivity (Wildman–Crippen MR) is 67.7 cm³/mol. The predicted octanol–water partition coefficient (Wildman–Crippen LogP) is 2.89. The lowest BCUT2D eigenvalue weighted by molar-refractivity contribution is -0.143. The highest BCUT2D eigenvalue weighted by Gasteiger charge is 2.17. The van der Waals surface area contributed by atoms with Crippen LogP contribution < -0.4 is 4.74 Å². The van der Waals surface area contributed by atoms with E-state index in [1.165, 1.54) is 7.11 Å². The first-order valence-corrected chi connectivity index (χ1v) is 6.21. The topological polar surface area (TPSA) is 52.6 Å². The fourth-order valence-electron chi connectivity index (χ4n) is 1.68. The number of Topliss-reactive ketones (excluding diaryl/α,β-unsaturated/α-hetero) is 1. The minimum absolute atomic E-state index is 0.0231. The van der Waals surface area contributed by atoms with Crippen LogP contribution in [0.4, 0.5) is 8.78 Å². The standard InChI is InChI=1S/C14H16F2O4/c1-3-20-14(18)6-4-5-12(17)9-7-10(15)11(16)8-13(9)19-2/h7-8H,3-6H2,1-2H3. The molecule has 0 bridgehead atoms. The molecule has 20 heavy (non-hydrogen) atoms. The minimum atomic E-state index is -1.11. The number of carbonyl (C=O) groups is 2. The number of hydrogen-bond donors (Lipinski definition) is 0. The zero-order valence-corrected chi connectivity index (χ0v) is 11.4. The Morgan fingerprint density at radius 3 is 2.40 bits per heavy atom. The number of carbonyl (C=O) groups excluding carboxylic acids is 2. The molecular formula is C14H16F2O4. The van der Waals surface area contributed by atoms with Crippen LogP contribution in [0.5, 0.6) is 5.75 Å². The second kappa shape index (κ2) is 7.57. The normalized spacial score (nSPS) is 10.2. The number of benzene rings is 1. The van der Waals surface area contributed by atoms with Gasteiger partial charge in [0.2, 0.25) is 0 Å². The Kier molecular flexibility index (Phi) is 6.09. The molecule has 6 heteroatoms. The average molecular weight is 286 g/mol. The molecule has 1 rings (SSSR count). The van der Waals surface area contributed by atoms with Gasteiger partial charge in [-0.25, -0.2) is 8.78 Å². The smallest absolute Gasteiger partial charge is 0.305 e. The van der Waals surface area contributed by atoms with Crippen molar-refractivity contribution >= 4 is 11.8 Å². The summed E-state index contributed by atoms with van der Waals surface area (Å²) >= 11 is 0. The molecule has 110 valence electrons. The Morgan fingerprint density at radius 2 is 1.80 bits per heavy atom. The van der Waals surface area contributed by atoms with Crippen molar-refractivity contribution in [1.29, 1.82) is 0 Å². The Labute approximate surface area is 115 Å². The van der Waals surface area contributed by atoms with E-state index in [-0.39, 0.29) is 37.2 Å². The molecule has 1 aromatic carbocycles. The van der Waals surface area contributed by atoms with Crippen LogP contribution >= 0.6 is 0 Å². The van der Waals surface area contributed by atoms with Crippen LogP contribution in [-0.4, -0.2) is 25.5 Å². The number of ether oxygens (including phenoxy) is 2. The quantitative estimate of drug-likeness (QED) is 0.571. The molecule has 0 spiro atoms. The number of halogens is 2. The SMILES string of the molecule is CCOC(=O)CCCC(=O)c1cc(F)c(F)cc1OC. The van der Waals surface area contributed by atoms with Gasteiger partial charge in [0.25, 0.3) is 0 Å². The summed E-state index contributed by atoms with van der Waals surface area (Å²) in [4.78, 5) is 23.0. The molecule has 0 aliphatic rings. The number of rotatable bonds is 7. The van der Waals surface area contributed by atoms with Crippen LogP contribution in [-0.2, 0) is 9.53 Å². The van der Waals surface area contributed by atoms with E-state index in [9.17, 15) is 18.4 Å². The molecule has 0 atom stereocenters. The van der Waals surface area contributed by atoms with Crippen molar-refractivity contribution in [1.82, 2.24) is 0 Å². The third kappa shape index (κ3) is 4.29. The Bertz CT molecular complexity index is 500. The monoisotopic (exact) mass is 286 g/mol. The van der Waals surface area contributed by atoms with Gasteiger partial charge in [-0.3, -0.25) is 9.59 Å². The molecule has 0 aromatic heterocycles. The van der Waals surface area contributed by atoms with Gasteiger partial charge in [-0.05, 0) is 19.4 Å². The summed E-state index contributed by atoms with van der Waals surface area (Å²) in [6, 6.07) is 1.63. The van der Waals surface area contributed by atoms with Crippen LogP contribution in [0.15, 0.2) is 12.1 Å². The molecule has 0 fully saturated rings. The van der Waals surface area contributed by atoms with Crippen molar-refractivity contribution in [2.45, 2.75) is 26.2 Å². The fraction of sp³-hybridized carbons (Fsp3) is 0.429. The van der Waals surface area contributed by atoms with E-state index < -0.39 is 23.4 Å². The van der Waals surface area contributed by atoms with Crippen molar-refractivity contribution < 1.29 is 27.8 Å². The van der Waals surface area contributed by atoms with Gasteiger partial charge in [0, 0.05) is 18.9 Å². The molecule has 0 saturated carbocycles. The number of hydrogen-bond acceptors (Lipinski definition) is 4. The van der Waals surface area contributed by atoms with E-state index in [0.717, 1.165) is 12.1 Å². The van der Waals surface area contributed by atoms with Gasteiger partial charge in [-0.2, -0.15) is 0 Å². The van der Waals surface area contributed by atoms with Gasteiger partial charge in [0.15, 0.2) is 17.4 Å². The molecule has 0 aliphatic carbocycles. The molecule has 0 N–H and O–H groups in total. The molecule has 0 aliphatic heterocycles. The maximum atomic E-state index is 13.1. The Balaban J connectivity index is 2.68. The first-order valence-electron chi connectivity index (χ1n) is 6.21. The van der Waals surface area contributed by atoms with E-state index in [1.54, 1.807) is 6.92 Å². The van der Waals surface area contributed by atoms with Crippen LogP contribution in [0.25, 0.3) is 0 Å². The molecular weight excluding hydrogens is 270 g/mol. The average Bonchev–Trinajstić information content (AvgIpc) is 2.41. The summed E-state index contributed by atoms with van der Waals surface area (Å²) in [5.74, 6) is -3.02. The van der Waals surface area contributed by atoms with Crippen molar-refractivity contribution in [3.05, 3.63) is 29.3 Å². The second-order valence-corrected chi connectivity index (χ2v) is 4.05. The Morgan fingerprint density at radius 1 is 1.15 bits per heavy atom.